The highest BCUT2D eigenvalue weighted by Crippen LogP contribution is 2.59. The summed E-state index contributed by atoms with van der Waals surface area (Å²) in [5.74, 6) is 0.302. The molecule has 2 unspecified atom stereocenters. The zero-order valence-corrected chi connectivity index (χ0v) is 15.5. The summed E-state index contributed by atoms with van der Waals surface area (Å²) >= 11 is 0. The molecule has 2 aliphatic heterocycles. The van der Waals surface area contributed by atoms with Gasteiger partial charge in [-0.05, 0) is 28.8 Å². The first-order valence-corrected chi connectivity index (χ1v) is 9.25. The maximum absolute atomic E-state index is 3.30. The number of rotatable bonds is 2. The Morgan fingerprint density at radius 1 is 0.815 bits per heavy atom. The summed E-state index contributed by atoms with van der Waals surface area (Å²) < 4.78 is 2.49. The van der Waals surface area contributed by atoms with E-state index in [1.54, 1.807) is 0 Å². The van der Waals surface area contributed by atoms with Crippen LogP contribution in [0, 0.1) is 0 Å². The van der Waals surface area contributed by atoms with E-state index in [4.69, 9.17) is 0 Å². The molecule has 2 bridgehead atoms. The Bertz CT molecular complexity index is 1000. The molecule has 3 aromatic heterocycles. The molecule has 3 aliphatic rings. The molecule has 0 spiro atoms. The zero-order chi connectivity index (χ0) is 17.1. The monoisotopic (exact) mass is 373 g/mol. The summed E-state index contributed by atoms with van der Waals surface area (Å²) in [5, 5.41) is 0. The quantitative estimate of drug-likeness (QED) is 0.493. The van der Waals surface area contributed by atoms with Gasteiger partial charge in [-0.1, -0.05) is 30.3 Å². The zero-order valence-electron chi connectivity index (χ0n) is 14.8. The largest absolute Gasteiger partial charge is 1.00 e. The lowest BCUT2D eigenvalue weighted by molar-refractivity contribution is -0.732. The third-order valence-electron chi connectivity index (χ3n) is 6.45. The van der Waals surface area contributed by atoms with E-state index in [2.05, 4.69) is 100 Å². The SMILES string of the molecule is [Cl-].c1ccc2c(c1)C1CC(c3cc[nH]c3)(c3cc[nH]c3)C2c2cccc[n+]21. The first kappa shape index (κ1) is 16.4. The van der Waals surface area contributed by atoms with Crippen LogP contribution in [0.2, 0.25) is 0 Å². The van der Waals surface area contributed by atoms with E-state index in [1.807, 2.05) is 0 Å². The molecule has 0 radical (unpaired) electrons. The minimum Gasteiger partial charge on any atom is -1.00 e. The fourth-order valence-electron chi connectivity index (χ4n) is 5.47. The Balaban J connectivity index is 0.00000160. The average Bonchev–Trinajstić information content (AvgIpc) is 3.42. The molecule has 1 aromatic carbocycles. The molecule has 5 heterocycles. The Hall–Kier alpha value is -2.78. The lowest BCUT2D eigenvalue weighted by atomic mass is 9.54. The van der Waals surface area contributed by atoms with Gasteiger partial charge >= 0.3 is 0 Å². The Morgan fingerprint density at radius 3 is 2.15 bits per heavy atom. The summed E-state index contributed by atoms with van der Waals surface area (Å²) in [6.45, 7) is 0. The summed E-state index contributed by atoms with van der Waals surface area (Å²) in [7, 11) is 0. The summed E-state index contributed by atoms with van der Waals surface area (Å²) in [6, 6.07) is 20.5. The van der Waals surface area contributed by atoms with Crippen molar-refractivity contribution in [2.45, 2.75) is 23.8 Å². The van der Waals surface area contributed by atoms with Crippen molar-refractivity contribution in [3.8, 4) is 0 Å². The van der Waals surface area contributed by atoms with Gasteiger partial charge in [0.05, 0.1) is 5.92 Å². The third-order valence-corrected chi connectivity index (χ3v) is 6.45. The van der Waals surface area contributed by atoms with E-state index in [0.717, 1.165) is 6.42 Å². The molecule has 0 saturated heterocycles. The number of hydrogen-bond acceptors (Lipinski definition) is 0. The lowest BCUT2D eigenvalue weighted by Gasteiger charge is -2.49. The van der Waals surface area contributed by atoms with Crippen LogP contribution in [0.5, 0.6) is 0 Å². The van der Waals surface area contributed by atoms with Crippen molar-refractivity contribution in [1.82, 2.24) is 9.97 Å². The second kappa shape index (κ2) is 5.86. The smallest absolute Gasteiger partial charge is 0.190 e. The van der Waals surface area contributed by atoms with Gasteiger partial charge in [-0.15, -0.1) is 0 Å². The van der Waals surface area contributed by atoms with E-state index in [-0.39, 0.29) is 17.8 Å². The van der Waals surface area contributed by atoms with Gasteiger partial charge in [0, 0.05) is 54.3 Å². The molecule has 4 aromatic rings. The number of aromatic nitrogens is 3. The van der Waals surface area contributed by atoms with Gasteiger partial charge in [0.2, 0.25) is 0 Å². The number of aromatic amines is 2. The molecule has 27 heavy (non-hydrogen) atoms. The number of nitrogens with zero attached hydrogens (tertiary/aromatic N) is 1. The molecule has 134 valence electrons. The van der Waals surface area contributed by atoms with Crippen molar-refractivity contribution < 1.29 is 17.0 Å². The van der Waals surface area contributed by atoms with Crippen molar-refractivity contribution in [1.29, 1.82) is 0 Å². The second-order valence-electron chi connectivity index (χ2n) is 7.49. The highest BCUT2D eigenvalue weighted by molar-refractivity contribution is 5.54. The normalized spacial score (nSPS) is 21.2. The van der Waals surface area contributed by atoms with Crippen LogP contribution in [0.15, 0.2) is 85.6 Å². The number of benzene rings is 1. The molecule has 2 N–H and O–H groups in total. The van der Waals surface area contributed by atoms with E-state index in [0.29, 0.717) is 12.0 Å². The van der Waals surface area contributed by atoms with Gasteiger partial charge in [0.25, 0.3) is 0 Å². The van der Waals surface area contributed by atoms with Crippen LogP contribution in [-0.4, -0.2) is 9.97 Å². The Kier molecular flexibility index (Phi) is 3.56. The second-order valence-corrected chi connectivity index (χ2v) is 7.49. The third kappa shape index (κ3) is 2.00. The maximum atomic E-state index is 3.30. The standard InChI is InChI=1S/C23H20N3.ClH/c1-2-6-19-18(5-1)21-13-23(16-8-10-24-14-16,17-9-11-25-15-17)22(19)20-7-3-4-12-26(20)21;/h1-12,14-15,21-22,24-25H,13H2;1H/q+1;/p-1. The van der Waals surface area contributed by atoms with Gasteiger partial charge in [-0.2, -0.15) is 4.57 Å². The van der Waals surface area contributed by atoms with Crippen LogP contribution in [-0.2, 0) is 5.41 Å². The first-order valence-electron chi connectivity index (χ1n) is 9.25. The molecule has 2 atom stereocenters. The number of fused-ring (bicyclic) bond motifs is 1. The highest BCUT2D eigenvalue weighted by Gasteiger charge is 2.59. The summed E-state index contributed by atoms with van der Waals surface area (Å²) in [4.78, 5) is 6.61. The number of halogens is 1. The predicted molar refractivity (Wildman–Crippen MR) is 100 cm³/mol. The summed E-state index contributed by atoms with van der Waals surface area (Å²) in [6.07, 6.45) is 11.8. The molecule has 4 heteroatoms. The lowest BCUT2D eigenvalue weighted by Crippen LogP contribution is -3.00. The molecular formula is C23H20ClN3. The number of pyridine rings is 1. The highest BCUT2D eigenvalue weighted by atomic mass is 35.5. The van der Waals surface area contributed by atoms with Gasteiger partial charge in [-0.25, -0.2) is 0 Å². The molecule has 7 rings (SSSR count). The summed E-state index contributed by atoms with van der Waals surface area (Å²) in [5.41, 5.74) is 7.04. The van der Waals surface area contributed by atoms with Gasteiger partial charge in [0.1, 0.15) is 0 Å². The van der Waals surface area contributed by atoms with Crippen LogP contribution in [0.3, 0.4) is 0 Å². The minimum atomic E-state index is -0.0552. The van der Waals surface area contributed by atoms with Crippen molar-refractivity contribution in [2.75, 3.05) is 0 Å². The molecule has 0 saturated carbocycles. The minimum absolute atomic E-state index is 0. The van der Waals surface area contributed by atoms with Crippen LogP contribution < -0.4 is 17.0 Å². The molecule has 0 amide bonds. The number of nitrogens with one attached hydrogen (secondary N) is 2. The van der Waals surface area contributed by atoms with E-state index >= 15 is 0 Å². The van der Waals surface area contributed by atoms with Crippen LogP contribution in [0.1, 0.15) is 46.3 Å². The van der Waals surface area contributed by atoms with E-state index < -0.39 is 0 Å². The Morgan fingerprint density at radius 2 is 1.48 bits per heavy atom. The van der Waals surface area contributed by atoms with E-state index in [9.17, 15) is 0 Å². The number of hydrogen-bond donors (Lipinski definition) is 2. The predicted octanol–water partition coefficient (Wildman–Crippen LogP) is 1.06. The van der Waals surface area contributed by atoms with Crippen molar-refractivity contribution >= 4 is 0 Å². The van der Waals surface area contributed by atoms with Gasteiger partial charge in [0.15, 0.2) is 17.9 Å². The molecule has 3 nitrogen and oxygen atoms in total. The maximum Gasteiger partial charge on any atom is 0.190 e. The topological polar surface area (TPSA) is 35.5 Å². The first-order chi connectivity index (χ1) is 12.9. The number of H-pyrrole nitrogens is 2. The Labute approximate surface area is 164 Å². The van der Waals surface area contributed by atoms with E-state index in [1.165, 1.54) is 27.9 Å². The van der Waals surface area contributed by atoms with Crippen molar-refractivity contribution in [2.24, 2.45) is 0 Å². The average molecular weight is 374 g/mol. The molecule has 0 fully saturated rings. The van der Waals surface area contributed by atoms with Gasteiger partial charge < -0.3 is 22.4 Å². The van der Waals surface area contributed by atoms with Gasteiger partial charge in [-0.3, -0.25) is 0 Å². The fraction of sp³-hybridized carbons (Fsp3) is 0.174. The molecular weight excluding hydrogens is 354 g/mol. The fourth-order valence-corrected chi connectivity index (χ4v) is 5.47. The van der Waals surface area contributed by atoms with Crippen molar-refractivity contribution in [3.63, 3.8) is 0 Å². The van der Waals surface area contributed by atoms with Crippen LogP contribution in [0.25, 0.3) is 0 Å². The van der Waals surface area contributed by atoms with Crippen molar-refractivity contribution in [3.05, 3.63) is 114 Å². The van der Waals surface area contributed by atoms with Crippen LogP contribution >= 0.6 is 0 Å². The molecule has 1 aliphatic carbocycles. The van der Waals surface area contributed by atoms with Crippen LogP contribution in [0.4, 0.5) is 0 Å².